The van der Waals surface area contributed by atoms with E-state index in [0.29, 0.717) is 0 Å². The van der Waals surface area contributed by atoms with Gasteiger partial charge in [0.1, 0.15) is 0 Å². The lowest BCUT2D eigenvalue weighted by Crippen LogP contribution is -1.79. The first-order valence-electron chi connectivity index (χ1n) is 4.26. The minimum Gasteiger partial charge on any atom is -0.248 e. The molecule has 1 aliphatic rings. The predicted molar refractivity (Wildman–Crippen MR) is 52.2 cm³/mol. The lowest BCUT2D eigenvalue weighted by Gasteiger charge is -1.94. The molecular formula is C12H7N. The third-order valence-corrected chi connectivity index (χ3v) is 2.28. The highest BCUT2D eigenvalue weighted by molar-refractivity contribution is 5.90. The zero-order valence-electron chi connectivity index (χ0n) is 6.99. The van der Waals surface area contributed by atoms with Crippen molar-refractivity contribution in [3.05, 3.63) is 48.5 Å². The lowest BCUT2D eigenvalue weighted by atomic mass is 10.1. The summed E-state index contributed by atoms with van der Waals surface area (Å²) in [4.78, 5) is 0. The highest BCUT2D eigenvalue weighted by Crippen LogP contribution is 2.41. The fraction of sp³-hybridized carbons (Fsp3) is 0. The Kier molecular flexibility index (Phi) is 1.22. The maximum absolute atomic E-state index is 4.50. The van der Waals surface area contributed by atoms with Crippen LogP contribution < -0.4 is 5.32 Å². The molecule has 0 N–H and O–H groups in total. The summed E-state index contributed by atoms with van der Waals surface area (Å²) in [5.74, 6) is 0. The van der Waals surface area contributed by atoms with Crippen molar-refractivity contribution in [2.24, 2.45) is 0 Å². The maximum Gasteiger partial charge on any atom is 0.0716 e. The summed E-state index contributed by atoms with van der Waals surface area (Å²) in [6.07, 6.45) is 0. The van der Waals surface area contributed by atoms with Gasteiger partial charge in [0.25, 0.3) is 0 Å². The summed E-state index contributed by atoms with van der Waals surface area (Å²) in [5, 5.41) is 4.50. The van der Waals surface area contributed by atoms with Crippen LogP contribution in [0.1, 0.15) is 0 Å². The molecule has 1 aliphatic heterocycles. The lowest BCUT2D eigenvalue weighted by molar-refractivity contribution is 1.24. The highest BCUT2D eigenvalue weighted by atomic mass is 14.9. The molecule has 0 bridgehead atoms. The topological polar surface area (TPSA) is 14.1 Å². The van der Waals surface area contributed by atoms with Gasteiger partial charge in [-0.15, -0.1) is 0 Å². The standard InChI is InChI=1S/C12H7N/c1-3-7-11-9(5-1)10-6-2-4-8-12(10)13-11/h1,3-8H. The number of benzene rings is 2. The van der Waals surface area contributed by atoms with Crippen molar-refractivity contribution in [1.82, 2.24) is 5.32 Å². The van der Waals surface area contributed by atoms with E-state index in [2.05, 4.69) is 17.4 Å². The Morgan fingerprint density at radius 2 is 1.77 bits per heavy atom. The van der Waals surface area contributed by atoms with E-state index in [1.165, 1.54) is 11.1 Å². The molecule has 1 nitrogen and oxygen atoms in total. The van der Waals surface area contributed by atoms with Crippen molar-refractivity contribution < 1.29 is 0 Å². The Balaban J connectivity index is 2.32. The molecule has 1 heteroatoms. The second-order valence-corrected chi connectivity index (χ2v) is 3.07. The van der Waals surface area contributed by atoms with Gasteiger partial charge in [-0.05, 0) is 24.3 Å². The van der Waals surface area contributed by atoms with E-state index in [-0.39, 0.29) is 0 Å². The van der Waals surface area contributed by atoms with E-state index in [1.54, 1.807) is 0 Å². The van der Waals surface area contributed by atoms with Crippen LogP contribution in [0.5, 0.6) is 0 Å². The number of hydrogen-bond donors (Lipinski definition) is 0. The molecule has 0 spiro atoms. The molecule has 0 aromatic heterocycles. The quantitative estimate of drug-likeness (QED) is 0.486. The van der Waals surface area contributed by atoms with Gasteiger partial charge in [0.05, 0.1) is 11.4 Å². The third kappa shape index (κ3) is 0.872. The zero-order chi connectivity index (χ0) is 8.67. The first-order chi connectivity index (χ1) is 6.45. The van der Waals surface area contributed by atoms with Gasteiger partial charge < -0.3 is 0 Å². The Morgan fingerprint density at radius 1 is 0.923 bits per heavy atom. The fourth-order valence-electron chi connectivity index (χ4n) is 1.66. The summed E-state index contributed by atoms with van der Waals surface area (Å²) in [6, 6.07) is 17.1. The molecule has 3 rings (SSSR count). The van der Waals surface area contributed by atoms with Crippen LogP contribution >= 0.6 is 0 Å². The zero-order valence-corrected chi connectivity index (χ0v) is 6.99. The van der Waals surface area contributed by atoms with Gasteiger partial charge in [-0.2, -0.15) is 0 Å². The molecule has 0 saturated carbocycles. The van der Waals surface area contributed by atoms with Crippen molar-refractivity contribution in [2.75, 3.05) is 0 Å². The van der Waals surface area contributed by atoms with E-state index in [4.69, 9.17) is 0 Å². The number of fused-ring (bicyclic) bond motifs is 3. The Labute approximate surface area is 77.0 Å². The summed E-state index contributed by atoms with van der Waals surface area (Å²) < 4.78 is 0. The van der Waals surface area contributed by atoms with Crippen molar-refractivity contribution in [3.63, 3.8) is 0 Å². The van der Waals surface area contributed by atoms with Gasteiger partial charge in [-0.25, -0.2) is 5.32 Å². The smallest absolute Gasteiger partial charge is 0.0716 e. The van der Waals surface area contributed by atoms with Crippen LogP contribution in [-0.4, -0.2) is 0 Å². The number of nitrogens with zero attached hydrogens (tertiary/aromatic N) is 1. The molecule has 0 atom stereocenters. The number of hydrogen-bond acceptors (Lipinski definition) is 0. The minimum atomic E-state index is 1.06. The van der Waals surface area contributed by atoms with Crippen molar-refractivity contribution in [1.29, 1.82) is 0 Å². The first kappa shape index (κ1) is 6.72. The van der Waals surface area contributed by atoms with Gasteiger partial charge in [-0.1, -0.05) is 24.3 Å². The van der Waals surface area contributed by atoms with Crippen LogP contribution in [0.25, 0.3) is 11.1 Å². The van der Waals surface area contributed by atoms with Gasteiger partial charge in [0.15, 0.2) is 0 Å². The average Bonchev–Trinajstić information content (AvgIpc) is 2.56. The highest BCUT2D eigenvalue weighted by Gasteiger charge is 2.17. The number of para-hydroxylation sites is 1. The molecule has 1 heterocycles. The molecular weight excluding hydrogens is 158 g/mol. The molecule has 60 valence electrons. The molecule has 2 aromatic carbocycles. The molecule has 0 aliphatic carbocycles. The van der Waals surface area contributed by atoms with Gasteiger partial charge in [0.2, 0.25) is 0 Å². The average molecular weight is 165 g/mol. The van der Waals surface area contributed by atoms with E-state index < -0.39 is 0 Å². The van der Waals surface area contributed by atoms with E-state index in [0.717, 1.165) is 11.4 Å². The molecule has 13 heavy (non-hydrogen) atoms. The van der Waals surface area contributed by atoms with Crippen LogP contribution in [0.2, 0.25) is 0 Å². The molecule has 2 radical (unpaired) electrons. The molecule has 0 fully saturated rings. The van der Waals surface area contributed by atoms with Crippen LogP contribution in [0.15, 0.2) is 42.5 Å². The van der Waals surface area contributed by atoms with Gasteiger partial charge in [0, 0.05) is 11.1 Å². The van der Waals surface area contributed by atoms with Crippen LogP contribution in [0.3, 0.4) is 0 Å². The van der Waals surface area contributed by atoms with E-state index >= 15 is 0 Å². The molecule has 0 unspecified atom stereocenters. The second-order valence-electron chi connectivity index (χ2n) is 3.07. The summed E-state index contributed by atoms with van der Waals surface area (Å²) >= 11 is 0. The predicted octanol–water partition coefficient (Wildman–Crippen LogP) is 3.03. The van der Waals surface area contributed by atoms with Crippen molar-refractivity contribution in [2.45, 2.75) is 0 Å². The van der Waals surface area contributed by atoms with Crippen LogP contribution in [0.4, 0.5) is 11.4 Å². The van der Waals surface area contributed by atoms with Gasteiger partial charge >= 0.3 is 0 Å². The summed E-state index contributed by atoms with van der Waals surface area (Å²) in [6.45, 7) is 0. The SMILES string of the molecule is [c]1ccc2c(c1)-c1ccccc1[N]2. The van der Waals surface area contributed by atoms with E-state index in [9.17, 15) is 0 Å². The Morgan fingerprint density at radius 3 is 2.77 bits per heavy atom. The minimum absolute atomic E-state index is 1.06. The fourth-order valence-corrected chi connectivity index (χ4v) is 1.66. The third-order valence-electron chi connectivity index (χ3n) is 2.28. The Hall–Kier alpha value is -1.76. The van der Waals surface area contributed by atoms with E-state index in [1.807, 2.05) is 36.4 Å². The summed E-state index contributed by atoms with van der Waals surface area (Å²) in [5.41, 5.74) is 4.53. The Bertz CT molecular complexity index is 417. The first-order valence-corrected chi connectivity index (χ1v) is 4.26. The normalized spacial score (nSPS) is 11.7. The monoisotopic (exact) mass is 165 g/mol. The molecule has 0 saturated heterocycles. The van der Waals surface area contributed by atoms with Crippen molar-refractivity contribution >= 4 is 11.4 Å². The summed E-state index contributed by atoms with van der Waals surface area (Å²) in [7, 11) is 0. The maximum atomic E-state index is 4.50. The second kappa shape index (κ2) is 2.36. The largest absolute Gasteiger partial charge is 0.248 e. The molecule has 2 aromatic rings. The van der Waals surface area contributed by atoms with Crippen molar-refractivity contribution in [3.8, 4) is 11.1 Å². The van der Waals surface area contributed by atoms with Gasteiger partial charge in [-0.3, -0.25) is 0 Å². The number of rotatable bonds is 0. The van der Waals surface area contributed by atoms with Crippen LogP contribution in [0, 0.1) is 6.07 Å². The molecule has 0 amide bonds. The van der Waals surface area contributed by atoms with Crippen LogP contribution in [-0.2, 0) is 0 Å².